The zero-order valence-electron chi connectivity index (χ0n) is 22.4. The van der Waals surface area contributed by atoms with Gasteiger partial charge in [0.2, 0.25) is 0 Å². The predicted octanol–water partition coefficient (Wildman–Crippen LogP) is 4.76. The lowest BCUT2D eigenvalue weighted by molar-refractivity contribution is -0.116. The zero-order chi connectivity index (χ0) is 26.7. The van der Waals surface area contributed by atoms with E-state index in [1.165, 1.54) is 18.1 Å². The Morgan fingerprint density at radius 3 is 2.67 bits per heavy atom. The number of likely N-dealkylation sites (N-methyl/N-ethyl adjacent to an activating group) is 1. The Morgan fingerprint density at radius 2 is 1.92 bits per heavy atom. The van der Waals surface area contributed by atoms with E-state index in [1.807, 2.05) is 12.1 Å². The number of hydrogen-bond acceptors (Lipinski definition) is 7. The molecule has 2 aromatic carbocycles. The molecule has 7 nitrogen and oxygen atoms in total. The Balaban J connectivity index is 1.20. The highest BCUT2D eigenvalue weighted by Gasteiger charge is 2.59. The molecule has 3 fully saturated rings. The Bertz CT molecular complexity index is 1440. The Morgan fingerprint density at radius 1 is 1.13 bits per heavy atom. The second-order valence-corrected chi connectivity index (χ2v) is 11.9. The van der Waals surface area contributed by atoms with Crippen LogP contribution in [0.3, 0.4) is 0 Å². The lowest BCUT2D eigenvalue weighted by Gasteiger charge is -2.34. The lowest BCUT2D eigenvalue weighted by Crippen LogP contribution is -2.35. The summed E-state index contributed by atoms with van der Waals surface area (Å²) in [6, 6.07) is 13.3. The Hall–Kier alpha value is -3.16. The third-order valence-electron chi connectivity index (χ3n) is 9.29. The van der Waals surface area contributed by atoms with Crippen LogP contribution in [0, 0.1) is 17.8 Å². The van der Waals surface area contributed by atoms with Gasteiger partial charge in [-0.25, -0.2) is 0 Å². The summed E-state index contributed by atoms with van der Waals surface area (Å²) in [6.45, 7) is 8.63. The van der Waals surface area contributed by atoms with Gasteiger partial charge in [-0.15, -0.1) is 0 Å². The maximum atomic E-state index is 12.2. The molecule has 4 aliphatic rings. The van der Waals surface area contributed by atoms with Crippen molar-refractivity contribution >= 4 is 39.7 Å². The second-order valence-electron chi connectivity index (χ2n) is 11.5. The van der Waals surface area contributed by atoms with Gasteiger partial charge in [-0.2, -0.15) is 9.97 Å². The molecule has 8 heteroatoms. The quantitative estimate of drug-likeness (QED) is 0.398. The number of carbonyl (C=O) groups excluding carboxylic acids is 1. The fourth-order valence-corrected chi connectivity index (χ4v) is 7.36. The van der Waals surface area contributed by atoms with E-state index in [1.54, 1.807) is 0 Å². The van der Waals surface area contributed by atoms with Crippen molar-refractivity contribution in [1.82, 2.24) is 14.9 Å². The highest BCUT2D eigenvalue weighted by Crippen LogP contribution is 2.53. The highest BCUT2D eigenvalue weighted by atomic mass is 35.5. The molecule has 39 heavy (non-hydrogen) atoms. The van der Waals surface area contributed by atoms with Crippen molar-refractivity contribution in [2.24, 2.45) is 17.8 Å². The summed E-state index contributed by atoms with van der Waals surface area (Å²) in [5, 5.41) is 2.98. The SMILES string of the molecule is C=CC(=O)C1[C@H]2CN(c3nc(OCC4CCCN4C)nc4c3CCN(c3cccc5cccc(Cl)c35)C4)C[C@@H]12. The van der Waals surface area contributed by atoms with Gasteiger partial charge in [0.1, 0.15) is 12.4 Å². The number of ketones is 1. The Kier molecular flexibility index (Phi) is 6.24. The van der Waals surface area contributed by atoms with Gasteiger partial charge in [-0.1, -0.05) is 42.4 Å². The number of piperidine rings is 1. The molecule has 3 aliphatic heterocycles. The van der Waals surface area contributed by atoms with Gasteiger partial charge in [-0.3, -0.25) is 4.79 Å². The third-order valence-corrected chi connectivity index (χ3v) is 9.61. The smallest absolute Gasteiger partial charge is 0.318 e. The standard InChI is InChI=1S/C31H34ClN5O2/c1-3-27(38)29-22-15-37(16-23(22)29)30-21-12-14-36(26-11-5-8-19-7-4-10-24(32)28(19)26)17-25(21)33-31(34-30)39-18-20-9-6-13-35(20)2/h3-5,7-8,10-11,20,22-23,29H,1,6,9,12-18H2,2H3/t20?,22-,23+,29?. The summed E-state index contributed by atoms with van der Waals surface area (Å²) in [4.78, 5) is 29.3. The van der Waals surface area contributed by atoms with Crippen LogP contribution >= 0.6 is 11.6 Å². The number of allylic oxidation sites excluding steroid dienone is 1. The average molecular weight is 544 g/mol. The minimum absolute atomic E-state index is 0.136. The summed E-state index contributed by atoms with van der Waals surface area (Å²) in [7, 11) is 2.16. The molecule has 0 N–H and O–H groups in total. The molecular weight excluding hydrogens is 510 g/mol. The molecule has 1 aromatic heterocycles. The van der Waals surface area contributed by atoms with E-state index in [-0.39, 0.29) is 11.7 Å². The first-order valence-electron chi connectivity index (χ1n) is 14.1. The number of fused-ring (bicyclic) bond motifs is 3. The summed E-state index contributed by atoms with van der Waals surface area (Å²) in [5.41, 5.74) is 3.35. The lowest BCUT2D eigenvalue weighted by atomic mass is 10.0. The van der Waals surface area contributed by atoms with E-state index in [0.717, 1.165) is 72.0 Å². The van der Waals surface area contributed by atoms with Crippen LogP contribution in [0.15, 0.2) is 49.1 Å². The summed E-state index contributed by atoms with van der Waals surface area (Å²) < 4.78 is 6.27. The van der Waals surface area contributed by atoms with E-state index < -0.39 is 0 Å². The van der Waals surface area contributed by atoms with Gasteiger partial charge in [0.25, 0.3) is 0 Å². The number of hydrogen-bond donors (Lipinski definition) is 0. The predicted molar refractivity (Wildman–Crippen MR) is 155 cm³/mol. The third kappa shape index (κ3) is 4.36. The minimum Gasteiger partial charge on any atom is -0.462 e. The van der Waals surface area contributed by atoms with E-state index in [2.05, 4.69) is 52.6 Å². The first-order valence-corrected chi connectivity index (χ1v) is 14.5. The molecule has 7 rings (SSSR count). The second kappa shape index (κ2) is 9.79. The van der Waals surface area contributed by atoms with Crippen molar-refractivity contribution in [2.75, 3.05) is 49.6 Å². The van der Waals surface area contributed by atoms with Crippen LogP contribution < -0.4 is 14.5 Å². The molecule has 2 saturated heterocycles. The summed E-state index contributed by atoms with van der Waals surface area (Å²) in [6.07, 6.45) is 4.67. The molecule has 1 saturated carbocycles. The van der Waals surface area contributed by atoms with Crippen molar-refractivity contribution in [3.8, 4) is 6.01 Å². The molecule has 4 heterocycles. The van der Waals surface area contributed by atoms with Crippen LogP contribution in [0.5, 0.6) is 6.01 Å². The van der Waals surface area contributed by atoms with Crippen molar-refractivity contribution < 1.29 is 9.53 Å². The number of nitrogens with zero attached hydrogens (tertiary/aromatic N) is 5. The van der Waals surface area contributed by atoms with Gasteiger partial charge in [-0.05, 0) is 68.3 Å². The first kappa shape index (κ1) is 24.9. The molecule has 0 amide bonds. The number of rotatable bonds is 7. The fourth-order valence-electron chi connectivity index (χ4n) is 7.08. The summed E-state index contributed by atoms with van der Waals surface area (Å²) >= 11 is 6.68. The number of carbonyl (C=O) groups is 1. The molecule has 202 valence electrons. The van der Waals surface area contributed by atoms with Crippen LogP contribution in [0.4, 0.5) is 11.5 Å². The average Bonchev–Trinajstić information content (AvgIpc) is 3.23. The molecule has 0 spiro atoms. The maximum Gasteiger partial charge on any atom is 0.318 e. The van der Waals surface area contributed by atoms with Crippen molar-refractivity contribution in [3.05, 3.63) is 65.3 Å². The molecule has 4 atom stereocenters. The number of anilines is 2. The number of benzene rings is 2. The molecule has 0 bridgehead atoms. The zero-order valence-corrected chi connectivity index (χ0v) is 23.1. The molecular formula is C31H34ClN5O2. The largest absolute Gasteiger partial charge is 0.462 e. The first-order chi connectivity index (χ1) is 19.0. The summed E-state index contributed by atoms with van der Waals surface area (Å²) in [5.74, 6) is 2.11. The van der Waals surface area contributed by atoms with Crippen LogP contribution in [0.1, 0.15) is 24.1 Å². The van der Waals surface area contributed by atoms with Crippen LogP contribution in [0.25, 0.3) is 10.8 Å². The Labute approximate surface area is 234 Å². The van der Waals surface area contributed by atoms with E-state index in [9.17, 15) is 4.79 Å². The molecule has 1 aliphatic carbocycles. The van der Waals surface area contributed by atoms with Crippen LogP contribution in [-0.2, 0) is 17.8 Å². The van der Waals surface area contributed by atoms with E-state index in [4.69, 9.17) is 26.3 Å². The van der Waals surface area contributed by atoms with Gasteiger partial charge in [0, 0.05) is 48.2 Å². The number of aromatic nitrogens is 2. The highest BCUT2D eigenvalue weighted by molar-refractivity contribution is 6.36. The molecule has 2 unspecified atom stereocenters. The van der Waals surface area contributed by atoms with Gasteiger partial charge >= 0.3 is 6.01 Å². The van der Waals surface area contributed by atoms with Crippen molar-refractivity contribution in [2.45, 2.75) is 31.8 Å². The minimum atomic E-state index is 0.136. The topological polar surface area (TPSA) is 61.8 Å². The van der Waals surface area contributed by atoms with Crippen molar-refractivity contribution in [1.29, 1.82) is 0 Å². The van der Waals surface area contributed by atoms with Gasteiger partial charge in [0.15, 0.2) is 5.78 Å². The number of likely N-dealkylation sites (tertiary alicyclic amines) is 1. The van der Waals surface area contributed by atoms with Crippen molar-refractivity contribution in [3.63, 3.8) is 0 Å². The number of ether oxygens (including phenoxy) is 1. The monoisotopic (exact) mass is 543 g/mol. The van der Waals surface area contributed by atoms with E-state index >= 15 is 0 Å². The van der Waals surface area contributed by atoms with Gasteiger partial charge < -0.3 is 19.4 Å². The normalized spacial score (nSPS) is 26.0. The molecule has 3 aromatic rings. The maximum absolute atomic E-state index is 12.2. The van der Waals surface area contributed by atoms with Crippen LogP contribution in [-0.4, -0.2) is 66.5 Å². The van der Waals surface area contributed by atoms with Crippen LogP contribution in [0.2, 0.25) is 5.02 Å². The van der Waals surface area contributed by atoms with Gasteiger partial charge in [0.05, 0.1) is 17.3 Å². The molecule has 0 radical (unpaired) electrons. The fraction of sp³-hybridized carbons (Fsp3) is 0.452. The van der Waals surface area contributed by atoms with E-state index in [0.29, 0.717) is 37.0 Å². The number of halogens is 1.